The molecule has 5 heteroatoms. The molecule has 0 atom stereocenters. The van der Waals surface area contributed by atoms with E-state index in [-0.39, 0.29) is 5.91 Å². The maximum atomic E-state index is 12.1. The van der Waals surface area contributed by atoms with Crippen LogP contribution in [0, 0.1) is 13.8 Å². The second-order valence-corrected chi connectivity index (χ2v) is 5.75. The normalized spacial score (nSPS) is 10.3. The molecular formula is C18H21ClN2O2. The van der Waals surface area contributed by atoms with Crippen LogP contribution >= 0.6 is 11.6 Å². The van der Waals surface area contributed by atoms with Crippen LogP contribution in [0.25, 0.3) is 0 Å². The maximum Gasteiger partial charge on any atom is 0.226 e. The topological polar surface area (TPSA) is 50.4 Å². The van der Waals surface area contributed by atoms with Crippen LogP contribution in [0.2, 0.25) is 5.02 Å². The monoisotopic (exact) mass is 332 g/mol. The third-order valence-electron chi connectivity index (χ3n) is 3.57. The summed E-state index contributed by atoms with van der Waals surface area (Å²) in [5.41, 5.74) is 3.72. The molecule has 0 spiro atoms. The second kappa shape index (κ2) is 7.88. The molecule has 122 valence electrons. The van der Waals surface area contributed by atoms with E-state index in [4.69, 9.17) is 16.3 Å². The van der Waals surface area contributed by atoms with Gasteiger partial charge in [0, 0.05) is 29.7 Å². The van der Waals surface area contributed by atoms with Crippen LogP contribution < -0.4 is 15.4 Å². The molecule has 0 radical (unpaired) electrons. The third kappa shape index (κ3) is 4.63. The molecule has 0 bridgehead atoms. The summed E-state index contributed by atoms with van der Waals surface area (Å²) in [6, 6.07) is 11.5. The number of amides is 1. The molecule has 0 saturated carbocycles. The summed E-state index contributed by atoms with van der Waals surface area (Å²) in [5, 5.41) is 6.75. The first-order valence-corrected chi connectivity index (χ1v) is 7.82. The van der Waals surface area contributed by atoms with Gasteiger partial charge in [-0.2, -0.15) is 0 Å². The highest BCUT2D eigenvalue weighted by atomic mass is 35.5. The van der Waals surface area contributed by atoms with E-state index in [1.807, 2.05) is 44.2 Å². The molecule has 2 rings (SSSR count). The second-order valence-electron chi connectivity index (χ2n) is 5.34. The zero-order valence-electron chi connectivity index (χ0n) is 13.6. The van der Waals surface area contributed by atoms with Gasteiger partial charge in [0.1, 0.15) is 5.75 Å². The summed E-state index contributed by atoms with van der Waals surface area (Å²) in [6.07, 6.45) is 0.360. The van der Waals surface area contributed by atoms with E-state index in [0.717, 1.165) is 16.8 Å². The highest BCUT2D eigenvalue weighted by Crippen LogP contribution is 2.30. The molecular weight excluding hydrogens is 312 g/mol. The highest BCUT2D eigenvalue weighted by Gasteiger charge is 2.10. The number of anilines is 2. The van der Waals surface area contributed by atoms with Gasteiger partial charge >= 0.3 is 0 Å². The SMILES string of the molecule is COc1cc(Cl)c(C)cc1NC(=O)CCNc1ccccc1C. The predicted molar refractivity (Wildman–Crippen MR) is 95.7 cm³/mol. The summed E-state index contributed by atoms with van der Waals surface area (Å²) in [7, 11) is 1.55. The highest BCUT2D eigenvalue weighted by molar-refractivity contribution is 6.31. The van der Waals surface area contributed by atoms with Crippen molar-refractivity contribution in [1.82, 2.24) is 0 Å². The molecule has 1 amide bonds. The van der Waals surface area contributed by atoms with Crippen LogP contribution in [-0.4, -0.2) is 19.6 Å². The van der Waals surface area contributed by atoms with Gasteiger partial charge in [0.2, 0.25) is 5.91 Å². The smallest absolute Gasteiger partial charge is 0.226 e. The number of methoxy groups -OCH3 is 1. The van der Waals surface area contributed by atoms with E-state index >= 15 is 0 Å². The lowest BCUT2D eigenvalue weighted by Gasteiger charge is -2.13. The molecule has 0 fully saturated rings. The zero-order chi connectivity index (χ0) is 16.8. The van der Waals surface area contributed by atoms with Gasteiger partial charge in [-0.05, 0) is 37.1 Å². The Morgan fingerprint density at radius 3 is 2.57 bits per heavy atom. The zero-order valence-corrected chi connectivity index (χ0v) is 14.3. The Labute approximate surface area is 141 Å². The van der Waals surface area contributed by atoms with Gasteiger partial charge < -0.3 is 15.4 Å². The third-order valence-corrected chi connectivity index (χ3v) is 3.97. The summed E-state index contributed by atoms with van der Waals surface area (Å²) in [4.78, 5) is 12.1. The number of carbonyl (C=O) groups excluding carboxylic acids is 1. The molecule has 4 nitrogen and oxygen atoms in total. The first-order valence-electron chi connectivity index (χ1n) is 7.44. The van der Waals surface area contributed by atoms with Gasteiger partial charge in [0.15, 0.2) is 0 Å². The standard InChI is InChI=1S/C18H21ClN2O2/c1-12-6-4-5-7-15(12)20-9-8-18(22)21-16-10-13(2)14(19)11-17(16)23-3/h4-7,10-11,20H,8-9H2,1-3H3,(H,21,22). The Bertz CT molecular complexity index is 701. The van der Waals surface area contributed by atoms with E-state index in [9.17, 15) is 4.79 Å². The van der Waals surface area contributed by atoms with Gasteiger partial charge in [-0.1, -0.05) is 29.8 Å². The van der Waals surface area contributed by atoms with Gasteiger partial charge in [-0.3, -0.25) is 4.79 Å². The average Bonchev–Trinajstić information content (AvgIpc) is 2.52. The quantitative estimate of drug-likeness (QED) is 0.824. The Balaban J connectivity index is 1.93. The van der Waals surface area contributed by atoms with Crippen LogP contribution in [0.1, 0.15) is 17.5 Å². The lowest BCUT2D eigenvalue weighted by atomic mass is 10.2. The fourth-order valence-electron chi connectivity index (χ4n) is 2.22. The van der Waals surface area contributed by atoms with Gasteiger partial charge in [-0.15, -0.1) is 0 Å². The molecule has 2 N–H and O–H groups in total. The molecule has 0 aliphatic rings. The van der Waals surface area contributed by atoms with E-state index < -0.39 is 0 Å². The van der Waals surface area contributed by atoms with Crippen molar-refractivity contribution in [3.05, 3.63) is 52.5 Å². The van der Waals surface area contributed by atoms with Crippen molar-refractivity contribution < 1.29 is 9.53 Å². The molecule has 2 aromatic carbocycles. The minimum Gasteiger partial charge on any atom is -0.495 e. The summed E-state index contributed by atoms with van der Waals surface area (Å²) in [6.45, 7) is 4.48. The Morgan fingerprint density at radius 2 is 1.87 bits per heavy atom. The Hall–Kier alpha value is -2.20. The lowest BCUT2D eigenvalue weighted by Crippen LogP contribution is -2.17. The number of aryl methyl sites for hydroxylation is 2. The number of hydrogen-bond acceptors (Lipinski definition) is 3. The number of rotatable bonds is 6. The van der Waals surface area contributed by atoms with Crippen molar-refractivity contribution in [2.75, 3.05) is 24.3 Å². The predicted octanol–water partition coefficient (Wildman–Crippen LogP) is 4.41. The lowest BCUT2D eigenvalue weighted by molar-refractivity contribution is -0.116. The van der Waals surface area contributed by atoms with Crippen LogP contribution in [0.5, 0.6) is 5.75 Å². The molecule has 2 aromatic rings. The summed E-state index contributed by atoms with van der Waals surface area (Å²) in [5.74, 6) is 0.479. The van der Waals surface area contributed by atoms with E-state index in [1.165, 1.54) is 0 Å². The van der Waals surface area contributed by atoms with Crippen LogP contribution in [-0.2, 0) is 4.79 Å². The van der Waals surface area contributed by atoms with Gasteiger partial charge in [-0.25, -0.2) is 0 Å². The number of halogens is 1. The molecule has 0 saturated heterocycles. The summed E-state index contributed by atoms with van der Waals surface area (Å²) >= 11 is 6.06. The van der Waals surface area contributed by atoms with Crippen molar-refractivity contribution in [2.45, 2.75) is 20.3 Å². The number of hydrogen-bond donors (Lipinski definition) is 2. The average molecular weight is 333 g/mol. The molecule has 0 heterocycles. The minimum absolute atomic E-state index is 0.0777. The number of para-hydroxylation sites is 1. The van der Waals surface area contributed by atoms with E-state index in [2.05, 4.69) is 10.6 Å². The first kappa shape index (κ1) is 17.2. The van der Waals surface area contributed by atoms with Crippen LogP contribution in [0.15, 0.2) is 36.4 Å². The Morgan fingerprint density at radius 1 is 1.13 bits per heavy atom. The van der Waals surface area contributed by atoms with Gasteiger partial charge in [0.05, 0.1) is 12.8 Å². The van der Waals surface area contributed by atoms with Crippen molar-refractivity contribution in [1.29, 1.82) is 0 Å². The fraction of sp³-hybridized carbons (Fsp3) is 0.278. The number of nitrogens with one attached hydrogen (secondary N) is 2. The fourth-order valence-corrected chi connectivity index (χ4v) is 2.38. The maximum absolute atomic E-state index is 12.1. The van der Waals surface area contributed by atoms with Crippen molar-refractivity contribution in [3.63, 3.8) is 0 Å². The number of ether oxygens (including phenoxy) is 1. The van der Waals surface area contributed by atoms with Crippen molar-refractivity contribution in [3.8, 4) is 5.75 Å². The molecule has 0 unspecified atom stereocenters. The molecule has 0 aliphatic heterocycles. The molecule has 0 aliphatic carbocycles. The first-order chi connectivity index (χ1) is 11.0. The molecule has 23 heavy (non-hydrogen) atoms. The van der Waals surface area contributed by atoms with Crippen molar-refractivity contribution in [2.24, 2.45) is 0 Å². The Kier molecular flexibility index (Phi) is 5.88. The van der Waals surface area contributed by atoms with Crippen molar-refractivity contribution >= 4 is 28.9 Å². The van der Waals surface area contributed by atoms with E-state index in [0.29, 0.717) is 29.4 Å². The van der Waals surface area contributed by atoms with Crippen LogP contribution in [0.3, 0.4) is 0 Å². The number of carbonyl (C=O) groups is 1. The number of benzene rings is 2. The van der Waals surface area contributed by atoms with E-state index in [1.54, 1.807) is 13.2 Å². The van der Waals surface area contributed by atoms with Crippen LogP contribution in [0.4, 0.5) is 11.4 Å². The summed E-state index contributed by atoms with van der Waals surface area (Å²) < 4.78 is 5.26. The minimum atomic E-state index is -0.0777. The largest absolute Gasteiger partial charge is 0.495 e. The van der Waals surface area contributed by atoms with Gasteiger partial charge in [0.25, 0.3) is 0 Å². The molecule has 0 aromatic heterocycles.